The van der Waals surface area contributed by atoms with Gasteiger partial charge in [0.25, 0.3) is 0 Å². The van der Waals surface area contributed by atoms with Gasteiger partial charge in [0.15, 0.2) is 0 Å². The van der Waals surface area contributed by atoms with E-state index < -0.39 is 0 Å². The number of para-hydroxylation sites is 1. The van der Waals surface area contributed by atoms with Crippen LogP contribution in [0, 0.1) is 0 Å². The molecule has 0 atom stereocenters. The average molecular weight is 597 g/mol. The van der Waals surface area contributed by atoms with Crippen molar-refractivity contribution in [3.63, 3.8) is 0 Å². The summed E-state index contributed by atoms with van der Waals surface area (Å²) < 4.78 is 6.48. The first-order valence-electron chi connectivity index (χ1n) is 15.9. The number of anilines is 1. The molecule has 7 rings (SSSR count). The molecular weight excluding hydrogens is 560 g/mol. The summed E-state index contributed by atoms with van der Waals surface area (Å²) in [5, 5.41) is 4.58. The third-order valence-electron chi connectivity index (χ3n) is 8.42. The summed E-state index contributed by atoms with van der Waals surface area (Å²) in [5.74, 6) is 0. The molecule has 0 aliphatic carbocycles. The van der Waals surface area contributed by atoms with E-state index in [2.05, 4.69) is 158 Å². The largest absolute Gasteiger partial charge is 0.455 e. The van der Waals surface area contributed by atoms with Crippen molar-refractivity contribution in [2.24, 2.45) is 0 Å². The molecule has 3 heteroatoms. The minimum atomic E-state index is 0.780. The molecule has 1 aromatic heterocycles. The third kappa shape index (κ3) is 5.83. The average Bonchev–Trinajstić information content (AvgIpc) is 3.51. The van der Waals surface area contributed by atoms with Crippen molar-refractivity contribution in [2.75, 3.05) is 5.43 Å². The quantitative estimate of drug-likeness (QED) is 0.122. The van der Waals surface area contributed by atoms with E-state index in [1.807, 2.05) is 18.2 Å². The van der Waals surface area contributed by atoms with Crippen LogP contribution in [0.15, 0.2) is 157 Å². The summed E-state index contributed by atoms with van der Waals surface area (Å²) in [6, 6.07) is 44.5. The lowest BCUT2D eigenvalue weighted by molar-refractivity contribution is 0.670. The molecule has 0 bridgehead atoms. The highest BCUT2D eigenvalue weighted by Gasteiger charge is 2.16. The zero-order chi connectivity index (χ0) is 31.3. The Morgan fingerprint density at radius 1 is 0.696 bits per heavy atom. The molecular formula is C43H36N2O. The Morgan fingerprint density at radius 2 is 1.41 bits per heavy atom. The Balaban J connectivity index is 1.13. The lowest BCUT2D eigenvalue weighted by Crippen LogP contribution is -2.19. The highest BCUT2D eigenvalue weighted by atomic mass is 16.3. The number of benzene rings is 6. The molecule has 46 heavy (non-hydrogen) atoms. The molecule has 0 spiro atoms. The van der Waals surface area contributed by atoms with Gasteiger partial charge in [-0.3, -0.25) is 0 Å². The Kier molecular flexibility index (Phi) is 8.21. The number of furan rings is 1. The number of hydrazine groups is 1. The summed E-state index contributed by atoms with van der Waals surface area (Å²) in [5.41, 5.74) is 16.9. The summed E-state index contributed by atoms with van der Waals surface area (Å²) in [6.45, 7) is 6.51. The van der Waals surface area contributed by atoms with Gasteiger partial charge in [-0.05, 0) is 63.2 Å². The molecule has 0 radical (unpaired) electrons. The van der Waals surface area contributed by atoms with Crippen LogP contribution >= 0.6 is 0 Å². The molecule has 6 aromatic carbocycles. The van der Waals surface area contributed by atoms with Crippen molar-refractivity contribution in [3.8, 4) is 22.3 Å². The maximum absolute atomic E-state index is 6.48. The van der Waals surface area contributed by atoms with Crippen LogP contribution in [0.25, 0.3) is 66.7 Å². The van der Waals surface area contributed by atoms with Crippen LogP contribution in [-0.4, -0.2) is 0 Å². The molecule has 3 nitrogen and oxygen atoms in total. The number of hydrogen-bond acceptors (Lipinski definition) is 3. The Labute approximate surface area is 270 Å². The number of hydrogen-bond donors (Lipinski definition) is 2. The number of rotatable bonds is 10. The fraction of sp³-hybridized carbons (Fsp3) is 0.0698. The second-order valence-corrected chi connectivity index (χ2v) is 11.5. The minimum Gasteiger partial charge on any atom is -0.455 e. The van der Waals surface area contributed by atoms with Gasteiger partial charge in [-0.1, -0.05) is 153 Å². The van der Waals surface area contributed by atoms with Crippen LogP contribution in [0.3, 0.4) is 0 Å². The van der Waals surface area contributed by atoms with E-state index in [1.54, 1.807) is 0 Å². The Bertz CT molecular complexity index is 2210. The summed E-state index contributed by atoms with van der Waals surface area (Å²) in [7, 11) is 0. The zero-order valence-electron chi connectivity index (χ0n) is 26.0. The summed E-state index contributed by atoms with van der Waals surface area (Å²) in [4.78, 5) is 0. The van der Waals surface area contributed by atoms with Gasteiger partial charge in [0.2, 0.25) is 0 Å². The first kappa shape index (κ1) is 28.9. The fourth-order valence-corrected chi connectivity index (χ4v) is 5.98. The van der Waals surface area contributed by atoms with Crippen LogP contribution in [-0.2, 0) is 0 Å². The van der Waals surface area contributed by atoms with Gasteiger partial charge in [-0.2, -0.15) is 0 Å². The Morgan fingerprint density at radius 3 is 2.24 bits per heavy atom. The Hall–Kier alpha value is -5.80. The molecule has 7 aromatic rings. The maximum Gasteiger partial charge on any atom is 0.145 e. The molecule has 0 saturated carbocycles. The first-order valence-corrected chi connectivity index (χ1v) is 15.9. The number of unbranched alkanes of at least 4 members (excludes halogenated alkanes) is 1. The van der Waals surface area contributed by atoms with Crippen molar-refractivity contribution in [2.45, 2.75) is 19.8 Å². The standard InChI is InChI=1S/C43H36N2O/c1-3-4-5-6-7-13-31-20-22-35(23-21-31)38-28-29-40(42-39-17-10-11-19-41(39)46-43(38)42)45-44-30(2)32-24-26-34(27-25-32)37-18-12-15-33-14-8-9-16-36(33)37/h5-29,44-45H,2-4H2,1H3/b6-5-,13-7?. The van der Waals surface area contributed by atoms with Crippen molar-refractivity contribution in [1.82, 2.24) is 5.43 Å². The molecule has 0 fully saturated rings. The SMILES string of the molecule is C=C(NNc1ccc(-c2ccc(C=C/C=C\CCC)cc2)c2oc3ccccc3c12)c1ccc(-c2cccc3ccccc23)cc1. The van der Waals surface area contributed by atoms with Crippen molar-refractivity contribution in [3.05, 3.63) is 163 Å². The van der Waals surface area contributed by atoms with Crippen LogP contribution in [0.1, 0.15) is 30.9 Å². The second-order valence-electron chi connectivity index (χ2n) is 11.5. The highest BCUT2D eigenvalue weighted by molar-refractivity contribution is 6.15. The molecule has 0 amide bonds. The predicted molar refractivity (Wildman–Crippen MR) is 197 cm³/mol. The lowest BCUT2D eigenvalue weighted by atomic mass is 9.97. The van der Waals surface area contributed by atoms with Gasteiger partial charge in [0.05, 0.1) is 16.8 Å². The lowest BCUT2D eigenvalue weighted by Gasteiger charge is -2.15. The second kappa shape index (κ2) is 13.1. The molecule has 0 aliphatic heterocycles. The van der Waals surface area contributed by atoms with Gasteiger partial charge in [-0.15, -0.1) is 0 Å². The predicted octanol–water partition coefficient (Wildman–Crippen LogP) is 12.0. The van der Waals surface area contributed by atoms with Crippen LogP contribution in [0.4, 0.5) is 5.69 Å². The van der Waals surface area contributed by atoms with E-state index in [-0.39, 0.29) is 0 Å². The normalized spacial score (nSPS) is 11.7. The van der Waals surface area contributed by atoms with E-state index in [0.29, 0.717) is 0 Å². The molecule has 0 aliphatic rings. The van der Waals surface area contributed by atoms with Gasteiger partial charge in [0, 0.05) is 10.9 Å². The van der Waals surface area contributed by atoms with Crippen molar-refractivity contribution >= 4 is 50.2 Å². The van der Waals surface area contributed by atoms with E-state index >= 15 is 0 Å². The third-order valence-corrected chi connectivity index (χ3v) is 8.42. The molecule has 2 N–H and O–H groups in total. The fourth-order valence-electron chi connectivity index (χ4n) is 5.98. The zero-order valence-corrected chi connectivity index (χ0v) is 26.0. The van der Waals surface area contributed by atoms with E-state index in [1.165, 1.54) is 21.9 Å². The monoisotopic (exact) mass is 596 g/mol. The van der Waals surface area contributed by atoms with Crippen molar-refractivity contribution < 1.29 is 4.42 Å². The number of nitrogens with one attached hydrogen (secondary N) is 2. The van der Waals surface area contributed by atoms with Gasteiger partial charge in [0.1, 0.15) is 11.2 Å². The molecule has 0 saturated heterocycles. The van der Waals surface area contributed by atoms with Gasteiger partial charge in [-0.25, -0.2) is 0 Å². The topological polar surface area (TPSA) is 37.2 Å². The van der Waals surface area contributed by atoms with E-state index in [0.717, 1.165) is 68.4 Å². The van der Waals surface area contributed by atoms with Crippen molar-refractivity contribution in [1.29, 1.82) is 0 Å². The van der Waals surface area contributed by atoms with E-state index in [4.69, 9.17) is 4.42 Å². The van der Waals surface area contributed by atoms with E-state index in [9.17, 15) is 0 Å². The first-order chi connectivity index (χ1) is 22.7. The molecule has 1 heterocycles. The van der Waals surface area contributed by atoms with Gasteiger partial charge < -0.3 is 15.3 Å². The maximum atomic E-state index is 6.48. The smallest absolute Gasteiger partial charge is 0.145 e. The molecule has 0 unspecified atom stereocenters. The number of allylic oxidation sites excluding steroid dienone is 3. The summed E-state index contributed by atoms with van der Waals surface area (Å²) >= 11 is 0. The van der Waals surface area contributed by atoms with Crippen LogP contribution in [0.2, 0.25) is 0 Å². The summed E-state index contributed by atoms with van der Waals surface area (Å²) in [6.07, 6.45) is 10.8. The van der Waals surface area contributed by atoms with Crippen LogP contribution < -0.4 is 10.9 Å². The highest BCUT2D eigenvalue weighted by Crippen LogP contribution is 2.40. The number of fused-ring (bicyclic) bond motifs is 4. The minimum absolute atomic E-state index is 0.780. The van der Waals surface area contributed by atoms with Crippen LogP contribution in [0.5, 0.6) is 0 Å². The molecule has 224 valence electrons. The van der Waals surface area contributed by atoms with Gasteiger partial charge >= 0.3 is 0 Å².